The van der Waals surface area contributed by atoms with Crippen molar-refractivity contribution in [2.24, 2.45) is 0 Å². The maximum Gasteiger partial charge on any atom is 0.291 e. The zero-order chi connectivity index (χ0) is 18.1. The first-order chi connectivity index (χ1) is 12.6. The lowest BCUT2D eigenvalue weighted by Crippen LogP contribution is -2.45. The Balaban J connectivity index is 1.46. The molecular weight excluding hydrogens is 336 g/mol. The predicted molar refractivity (Wildman–Crippen MR) is 92.4 cm³/mol. The van der Waals surface area contributed by atoms with Crippen molar-refractivity contribution in [1.82, 2.24) is 30.0 Å². The van der Waals surface area contributed by atoms with E-state index < -0.39 is 0 Å². The van der Waals surface area contributed by atoms with Gasteiger partial charge in [0, 0.05) is 32.3 Å². The first-order valence-electron chi connectivity index (χ1n) is 9.01. The molecule has 1 N–H and O–H groups in total. The molecule has 2 atom stereocenters. The topological polar surface area (TPSA) is 104 Å². The minimum Gasteiger partial charge on any atom is -0.368 e. The van der Waals surface area contributed by atoms with Crippen LogP contribution in [0.5, 0.6) is 0 Å². The smallest absolute Gasteiger partial charge is 0.291 e. The molecule has 26 heavy (non-hydrogen) atoms. The molecule has 4 heterocycles. The Morgan fingerprint density at radius 1 is 1.23 bits per heavy atom. The van der Waals surface area contributed by atoms with Gasteiger partial charge < -0.3 is 14.5 Å². The van der Waals surface area contributed by atoms with Crippen LogP contribution >= 0.6 is 0 Å². The molecule has 0 spiro atoms. The largest absolute Gasteiger partial charge is 0.368 e. The average molecular weight is 358 g/mol. The van der Waals surface area contributed by atoms with E-state index in [-0.39, 0.29) is 29.8 Å². The lowest BCUT2D eigenvalue weighted by atomic mass is 10.1. The Morgan fingerprint density at radius 2 is 2.12 bits per heavy atom. The van der Waals surface area contributed by atoms with Crippen LogP contribution in [0.2, 0.25) is 0 Å². The van der Waals surface area contributed by atoms with E-state index in [2.05, 4.69) is 20.2 Å². The molecule has 2 fully saturated rings. The first-order valence-corrected chi connectivity index (χ1v) is 9.01. The van der Waals surface area contributed by atoms with E-state index in [1.165, 1.54) is 0 Å². The number of nitrogens with zero attached hydrogens (tertiary/aromatic N) is 5. The molecule has 9 heteroatoms. The monoisotopic (exact) mass is 358 g/mol. The predicted octanol–water partition coefficient (Wildman–Crippen LogP) is 0.595. The van der Waals surface area contributed by atoms with Gasteiger partial charge in [0.25, 0.3) is 11.8 Å². The summed E-state index contributed by atoms with van der Waals surface area (Å²) >= 11 is 0. The molecule has 2 unspecified atom stereocenters. The van der Waals surface area contributed by atoms with E-state index in [0.29, 0.717) is 37.3 Å². The summed E-state index contributed by atoms with van der Waals surface area (Å²) in [6, 6.07) is 0.0711. The van der Waals surface area contributed by atoms with Crippen LogP contribution in [0.4, 0.5) is 0 Å². The SMILES string of the molecule is CC1CCN(C(=O)c2ncc3[nH]ncc3n2)CCN1C(=O)C1CCCO1. The number of amides is 2. The van der Waals surface area contributed by atoms with E-state index in [1.807, 2.05) is 11.8 Å². The van der Waals surface area contributed by atoms with Gasteiger partial charge in [-0.2, -0.15) is 5.10 Å². The van der Waals surface area contributed by atoms with Crippen LogP contribution in [0.1, 0.15) is 36.8 Å². The minimum atomic E-state index is -0.327. The van der Waals surface area contributed by atoms with Crippen LogP contribution in [-0.2, 0) is 9.53 Å². The van der Waals surface area contributed by atoms with E-state index in [0.717, 1.165) is 19.3 Å². The summed E-state index contributed by atoms with van der Waals surface area (Å²) in [6.45, 7) is 4.21. The molecule has 2 aliphatic heterocycles. The number of H-pyrrole nitrogens is 1. The van der Waals surface area contributed by atoms with Gasteiger partial charge in [0.1, 0.15) is 17.1 Å². The van der Waals surface area contributed by atoms with Crippen molar-refractivity contribution in [2.75, 3.05) is 26.2 Å². The molecule has 0 aromatic carbocycles. The molecule has 0 bridgehead atoms. The molecule has 2 amide bonds. The number of hydrogen-bond donors (Lipinski definition) is 1. The van der Waals surface area contributed by atoms with Crippen molar-refractivity contribution in [3.05, 3.63) is 18.2 Å². The van der Waals surface area contributed by atoms with Crippen LogP contribution in [0.15, 0.2) is 12.4 Å². The molecule has 9 nitrogen and oxygen atoms in total. The standard InChI is InChI=1S/C17H22N6O3/c1-11-4-5-22(6-7-23(11)16(24)14-3-2-8-26-14)17(25)15-18-9-13-12(20-15)10-19-21-13/h9-11,14H,2-8H2,1H3,(H,19,21). The number of nitrogens with one attached hydrogen (secondary N) is 1. The Morgan fingerprint density at radius 3 is 2.92 bits per heavy atom. The summed E-state index contributed by atoms with van der Waals surface area (Å²) < 4.78 is 5.53. The quantitative estimate of drug-likeness (QED) is 0.843. The van der Waals surface area contributed by atoms with Crippen LogP contribution in [0.3, 0.4) is 0 Å². The number of carbonyl (C=O) groups is 2. The minimum absolute atomic E-state index is 0.0420. The fraction of sp³-hybridized carbons (Fsp3) is 0.588. The van der Waals surface area contributed by atoms with E-state index in [1.54, 1.807) is 17.3 Å². The highest BCUT2D eigenvalue weighted by atomic mass is 16.5. The third-order valence-electron chi connectivity index (χ3n) is 5.12. The van der Waals surface area contributed by atoms with Crippen LogP contribution in [0.25, 0.3) is 11.0 Å². The molecule has 4 rings (SSSR count). The van der Waals surface area contributed by atoms with Crippen LogP contribution in [0, 0.1) is 0 Å². The summed E-state index contributed by atoms with van der Waals surface area (Å²) in [4.78, 5) is 37.5. The number of aromatic nitrogens is 4. The van der Waals surface area contributed by atoms with Crippen molar-refractivity contribution in [3.63, 3.8) is 0 Å². The molecule has 0 saturated carbocycles. The first kappa shape index (κ1) is 16.9. The Hall–Kier alpha value is -2.55. The van der Waals surface area contributed by atoms with Crippen LogP contribution in [-0.4, -0.2) is 80.2 Å². The maximum absolute atomic E-state index is 12.8. The van der Waals surface area contributed by atoms with Crippen molar-refractivity contribution < 1.29 is 14.3 Å². The lowest BCUT2D eigenvalue weighted by Gasteiger charge is -2.28. The molecule has 2 aromatic rings. The number of fused-ring (bicyclic) bond motifs is 1. The third kappa shape index (κ3) is 3.14. The van der Waals surface area contributed by atoms with Crippen molar-refractivity contribution in [2.45, 2.75) is 38.3 Å². The fourth-order valence-corrected chi connectivity index (χ4v) is 3.53. The number of aromatic amines is 1. The second kappa shape index (κ2) is 6.99. The Kier molecular flexibility index (Phi) is 4.54. The van der Waals surface area contributed by atoms with Gasteiger partial charge in [-0.3, -0.25) is 14.7 Å². The second-order valence-electron chi connectivity index (χ2n) is 6.83. The Bertz CT molecular complexity index is 816. The summed E-state index contributed by atoms with van der Waals surface area (Å²) in [5.74, 6) is -0.0162. The molecular formula is C17H22N6O3. The van der Waals surface area contributed by atoms with Gasteiger partial charge in [-0.25, -0.2) is 9.97 Å². The zero-order valence-electron chi connectivity index (χ0n) is 14.7. The maximum atomic E-state index is 12.8. The number of ether oxygens (including phenoxy) is 1. The molecule has 2 saturated heterocycles. The number of hydrogen-bond acceptors (Lipinski definition) is 6. The van der Waals surface area contributed by atoms with Crippen molar-refractivity contribution >= 4 is 22.8 Å². The normalized spacial score (nSPS) is 24.0. The van der Waals surface area contributed by atoms with E-state index >= 15 is 0 Å². The highest BCUT2D eigenvalue weighted by Gasteiger charge is 2.33. The molecule has 2 aromatic heterocycles. The average Bonchev–Trinajstić information content (AvgIpc) is 3.30. The summed E-state index contributed by atoms with van der Waals surface area (Å²) in [5, 5.41) is 6.67. The van der Waals surface area contributed by atoms with E-state index in [4.69, 9.17) is 4.74 Å². The third-order valence-corrected chi connectivity index (χ3v) is 5.12. The highest BCUT2D eigenvalue weighted by molar-refractivity contribution is 5.92. The lowest BCUT2D eigenvalue weighted by molar-refractivity contribution is -0.142. The summed E-state index contributed by atoms with van der Waals surface area (Å²) in [6.07, 6.45) is 5.24. The van der Waals surface area contributed by atoms with Gasteiger partial charge in [0.15, 0.2) is 0 Å². The van der Waals surface area contributed by atoms with Gasteiger partial charge in [0.05, 0.1) is 12.4 Å². The van der Waals surface area contributed by atoms with Gasteiger partial charge in [-0.1, -0.05) is 0 Å². The molecule has 0 aliphatic carbocycles. The number of rotatable bonds is 2. The van der Waals surface area contributed by atoms with Gasteiger partial charge >= 0.3 is 0 Å². The molecule has 0 radical (unpaired) electrons. The van der Waals surface area contributed by atoms with Gasteiger partial charge in [-0.15, -0.1) is 0 Å². The second-order valence-corrected chi connectivity index (χ2v) is 6.83. The van der Waals surface area contributed by atoms with Crippen molar-refractivity contribution in [3.8, 4) is 0 Å². The summed E-state index contributed by atoms with van der Waals surface area (Å²) in [5.41, 5.74) is 1.31. The van der Waals surface area contributed by atoms with Gasteiger partial charge in [-0.05, 0) is 26.2 Å². The number of carbonyl (C=O) groups excluding carboxylic acids is 2. The zero-order valence-corrected chi connectivity index (χ0v) is 14.7. The fourth-order valence-electron chi connectivity index (χ4n) is 3.53. The molecule has 2 aliphatic rings. The molecule has 138 valence electrons. The summed E-state index contributed by atoms with van der Waals surface area (Å²) in [7, 11) is 0. The van der Waals surface area contributed by atoms with Crippen LogP contribution < -0.4 is 0 Å². The van der Waals surface area contributed by atoms with Crippen molar-refractivity contribution in [1.29, 1.82) is 0 Å². The Labute approximate surface area is 150 Å². The highest BCUT2D eigenvalue weighted by Crippen LogP contribution is 2.19. The van der Waals surface area contributed by atoms with E-state index in [9.17, 15) is 9.59 Å². The van der Waals surface area contributed by atoms with Gasteiger partial charge in [0.2, 0.25) is 5.82 Å².